The molecule has 1 aromatic carbocycles. The van der Waals surface area contributed by atoms with E-state index in [2.05, 4.69) is 20.2 Å². The van der Waals surface area contributed by atoms with E-state index >= 15 is 4.48 Å². The van der Waals surface area contributed by atoms with E-state index in [0.29, 0.717) is 18.0 Å². The molecule has 3 heterocycles. The van der Waals surface area contributed by atoms with Crippen LogP contribution < -0.4 is 9.86 Å². The minimum Gasteiger partial charge on any atom is -0.410 e. The maximum absolute atomic E-state index is 15.1. The summed E-state index contributed by atoms with van der Waals surface area (Å²) in [7, 11) is 1.81. The minimum absolute atomic E-state index is 0.0651. The van der Waals surface area contributed by atoms with Crippen LogP contribution in [0.5, 0.6) is 5.75 Å². The van der Waals surface area contributed by atoms with E-state index in [4.69, 9.17) is 4.74 Å². The lowest BCUT2D eigenvalue weighted by atomic mass is 10.1. The number of nitroso groups, excluding NO2 is 1. The molecule has 1 aliphatic heterocycles. The molecule has 2 atom stereocenters. The van der Waals surface area contributed by atoms with Crippen LogP contribution in [0.3, 0.4) is 0 Å². The molecule has 1 saturated heterocycles. The predicted molar refractivity (Wildman–Crippen MR) is 115 cm³/mol. The molecule has 0 spiro atoms. The Morgan fingerprint density at radius 3 is 2.53 bits per heavy atom. The molecule has 0 saturated carbocycles. The number of aromatic nitrogens is 4. The summed E-state index contributed by atoms with van der Waals surface area (Å²) < 4.78 is 22.2. The number of hydrogen-bond donors (Lipinski definition) is 0. The molecule has 0 unspecified atom stereocenters. The Bertz CT molecular complexity index is 1090. The standard InChI is InChI=1S/C21H22FN7O3/c1-3-17-8-18(13-28(17)21(30)32-19-6-4-16(26-31)5-7-19)29(22)20-23-9-14(10-24-20)15-11-25-27(2)12-15/h4-7,9-12,17-18H,3,8,13H2,1-2H3/t17-,18+/m1/s1. The third kappa shape index (κ3) is 4.41. The fourth-order valence-electron chi connectivity index (χ4n) is 3.72. The second kappa shape index (κ2) is 9.08. The fourth-order valence-corrected chi connectivity index (χ4v) is 3.72. The van der Waals surface area contributed by atoms with Crippen molar-refractivity contribution >= 4 is 17.7 Å². The zero-order valence-corrected chi connectivity index (χ0v) is 17.6. The Morgan fingerprint density at radius 2 is 1.94 bits per heavy atom. The summed E-state index contributed by atoms with van der Waals surface area (Å²) in [6.45, 7) is 2.06. The smallest absolute Gasteiger partial charge is 0.410 e. The monoisotopic (exact) mass is 439 g/mol. The molecule has 4 rings (SSSR count). The van der Waals surface area contributed by atoms with E-state index in [9.17, 15) is 9.70 Å². The lowest BCUT2D eigenvalue weighted by molar-refractivity contribution is 0.145. The van der Waals surface area contributed by atoms with Crippen LogP contribution in [0.25, 0.3) is 11.1 Å². The molecule has 0 bridgehead atoms. The van der Waals surface area contributed by atoms with Crippen LogP contribution in [0.1, 0.15) is 19.8 Å². The van der Waals surface area contributed by atoms with Crippen LogP contribution in [0.4, 0.5) is 20.9 Å². The Balaban J connectivity index is 1.42. The molecule has 1 aliphatic rings. The highest BCUT2D eigenvalue weighted by Crippen LogP contribution is 2.29. The Hall–Kier alpha value is -3.89. The summed E-state index contributed by atoms with van der Waals surface area (Å²) in [5, 5.41) is 7.42. The zero-order chi connectivity index (χ0) is 22.7. The average molecular weight is 439 g/mol. The van der Waals surface area contributed by atoms with Crippen LogP contribution in [0.2, 0.25) is 0 Å². The molecule has 1 fully saturated rings. The molecule has 0 aliphatic carbocycles. The van der Waals surface area contributed by atoms with E-state index in [1.165, 1.54) is 29.2 Å². The number of anilines is 1. The van der Waals surface area contributed by atoms with Crippen LogP contribution >= 0.6 is 0 Å². The third-order valence-corrected chi connectivity index (χ3v) is 5.43. The van der Waals surface area contributed by atoms with E-state index in [1.54, 1.807) is 30.3 Å². The van der Waals surface area contributed by atoms with Gasteiger partial charge in [-0.1, -0.05) is 11.4 Å². The highest BCUT2D eigenvalue weighted by Gasteiger charge is 2.39. The van der Waals surface area contributed by atoms with Crippen molar-refractivity contribution in [3.63, 3.8) is 0 Å². The first-order valence-electron chi connectivity index (χ1n) is 10.2. The number of rotatable bonds is 6. The number of aryl methyl sites for hydroxylation is 1. The van der Waals surface area contributed by atoms with Gasteiger partial charge in [-0.15, -0.1) is 4.91 Å². The average Bonchev–Trinajstić information content (AvgIpc) is 3.45. The number of halogens is 1. The number of carbonyl (C=O) groups is 1. The van der Waals surface area contributed by atoms with E-state index < -0.39 is 12.1 Å². The topological polar surface area (TPSA) is 106 Å². The maximum Gasteiger partial charge on any atom is 0.415 e. The largest absolute Gasteiger partial charge is 0.415 e. The van der Waals surface area contributed by atoms with Crippen LogP contribution in [0.15, 0.2) is 54.2 Å². The quantitative estimate of drug-likeness (QED) is 0.422. The van der Waals surface area contributed by atoms with Crippen molar-refractivity contribution in [2.24, 2.45) is 12.2 Å². The van der Waals surface area contributed by atoms with Gasteiger partial charge in [0.15, 0.2) is 0 Å². The highest BCUT2D eigenvalue weighted by molar-refractivity contribution is 5.72. The van der Waals surface area contributed by atoms with Crippen molar-refractivity contribution in [2.45, 2.75) is 31.8 Å². The minimum atomic E-state index is -0.599. The van der Waals surface area contributed by atoms with Gasteiger partial charge in [-0.05, 0) is 42.3 Å². The SMILES string of the molecule is CC[C@@H]1C[C@H](N(F)c2ncc(-c3cnn(C)c3)cn2)CN1C(=O)Oc1ccc(N=O)cc1. The van der Waals surface area contributed by atoms with Crippen molar-refractivity contribution < 1.29 is 14.0 Å². The van der Waals surface area contributed by atoms with Crippen molar-refractivity contribution in [1.29, 1.82) is 0 Å². The van der Waals surface area contributed by atoms with Gasteiger partial charge in [0, 0.05) is 49.4 Å². The van der Waals surface area contributed by atoms with Gasteiger partial charge in [0.25, 0.3) is 5.95 Å². The maximum atomic E-state index is 15.1. The molecule has 2 aromatic heterocycles. The number of ether oxygens (including phenoxy) is 1. The lowest BCUT2D eigenvalue weighted by Crippen LogP contribution is -2.39. The first kappa shape index (κ1) is 21.3. The summed E-state index contributed by atoms with van der Waals surface area (Å²) in [4.78, 5) is 33.0. The predicted octanol–water partition coefficient (Wildman–Crippen LogP) is 4.02. The first-order valence-corrected chi connectivity index (χ1v) is 10.2. The lowest BCUT2D eigenvalue weighted by Gasteiger charge is -2.22. The molecular formula is C21H22FN7O3. The van der Waals surface area contributed by atoms with Gasteiger partial charge in [0.05, 0.1) is 12.2 Å². The molecule has 0 N–H and O–H groups in total. The van der Waals surface area contributed by atoms with Crippen LogP contribution in [-0.4, -0.2) is 49.4 Å². The van der Waals surface area contributed by atoms with Crippen molar-refractivity contribution in [3.8, 4) is 16.9 Å². The summed E-state index contributed by atoms with van der Waals surface area (Å²) >= 11 is 0. The fraction of sp³-hybridized carbons (Fsp3) is 0.333. The number of hydrogen-bond acceptors (Lipinski definition) is 8. The highest BCUT2D eigenvalue weighted by atomic mass is 19.2. The summed E-state index contributed by atoms with van der Waals surface area (Å²) in [5.41, 5.74) is 1.80. The number of amides is 1. The van der Waals surface area contributed by atoms with Crippen LogP contribution in [-0.2, 0) is 7.05 Å². The summed E-state index contributed by atoms with van der Waals surface area (Å²) in [6.07, 6.45) is 7.08. The molecule has 3 aromatic rings. The zero-order valence-electron chi connectivity index (χ0n) is 17.6. The van der Waals surface area contributed by atoms with Gasteiger partial charge in [-0.3, -0.25) is 4.68 Å². The van der Waals surface area contributed by atoms with Gasteiger partial charge in [-0.25, -0.2) is 14.8 Å². The molecule has 10 nitrogen and oxygen atoms in total. The number of likely N-dealkylation sites (tertiary alicyclic amines) is 1. The molecule has 11 heteroatoms. The second-order valence-electron chi connectivity index (χ2n) is 7.54. The molecule has 166 valence electrons. The van der Waals surface area contributed by atoms with Crippen molar-refractivity contribution in [3.05, 3.63) is 54.0 Å². The second-order valence-corrected chi connectivity index (χ2v) is 7.54. The first-order chi connectivity index (χ1) is 15.5. The van der Waals surface area contributed by atoms with Crippen LogP contribution in [0, 0.1) is 4.91 Å². The molecule has 0 radical (unpaired) electrons. The normalized spacial score (nSPS) is 17.9. The van der Waals surface area contributed by atoms with Gasteiger partial charge in [0.1, 0.15) is 11.4 Å². The van der Waals surface area contributed by atoms with Gasteiger partial charge in [0.2, 0.25) is 0 Å². The van der Waals surface area contributed by atoms with E-state index in [-0.39, 0.29) is 30.0 Å². The van der Waals surface area contributed by atoms with Gasteiger partial charge < -0.3 is 9.64 Å². The Morgan fingerprint density at radius 1 is 1.22 bits per heavy atom. The number of benzene rings is 1. The number of nitrogens with zero attached hydrogens (tertiary/aromatic N) is 7. The van der Waals surface area contributed by atoms with Crippen molar-refractivity contribution in [2.75, 3.05) is 11.7 Å². The Labute approximate surface area is 183 Å². The van der Waals surface area contributed by atoms with Gasteiger partial charge >= 0.3 is 6.09 Å². The molecule has 1 amide bonds. The number of carbonyl (C=O) groups excluding carboxylic acids is 1. The molecule has 32 heavy (non-hydrogen) atoms. The van der Waals surface area contributed by atoms with E-state index in [0.717, 1.165) is 11.1 Å². The summed E-state index contributed by atoms with van der Waals surface area (Å²) in [6, 6.07) is 5.10. The van der Waals surface area contributed by atoms with Crippen molar-refractivity contribution in [1.82, 2.24) is 24.6 Å². The molecular weight excluding hydrogens is 417 g/mol. The van der Waals surface area contributed by atoms with Gasteiger partial charge in [-0.2, -0.15) is 10.2 Å². The Kier molecular flexibility index (Phi) is 6.06. The summed E-state index contributed by atoms with van der Waals surface area (Å²) in [5.74, 6) is 0.219. The van der Waals surface area contributed by atoms with E-state index in [1.807, 2.05) is 13.1 Å². The third-order valence-electron chi connectivity index (χ3n) is 5.43.